The summed E-state index contributed by atoms with van der Waals surface area (Å²) >= 11 is 1.69. The van der Waals surface area contributed by atoms with Crippen molar-refractivity contribution in [1.82, 2.24) is 5.32 Å². The van der Waals surface area contributed by atoms with E-state index in [9.17, 15) is 4.79 Å². The van der Waals surface area contributed by atoms with E-state index < -0.39 is 0 Å². The minimum absolute atomic E-state index is 0. The summed E-state index contributed by atoms with van der Waals surface area (Å²) in [6, 6.07) is 7.92. The first-order chi connectivity index (χ1) is 8.27. The lowest BCUT2D eigenvalue weighted by Crippen LogP contribution is -2.17. The molecule has 0 saturated heterocycles. The third kappa shape index (κ3) is 6.28. The van der Waals surface area contributed by atoms with Crippen LogP contribution in [0.5, 0.6) is 0 Å². The van der Waals surface area contributed by atoms with E-state index in [-0.39, 0.29) is 18.3 Å². The van der Waals surface area contributed by atoms with Crippen molar-refractivity contribution in [2.45, 2.75) is 19.9 Å². The molecular weight excluding hydrogens is 268 g/mol. The van der Waals surface area contributed by atoms with Gasteiger partial charge in [-0.05, 0) is 24.4 Å². The first-order valence-corrected chi connectivity index (χ1v) is 7.24. The number of hydrogen-bond donors (Lipinski definition) is 2. The molecule has 3 nitrogen and oxygen atoms in total. The SMILES string of the molecule is CCNCc1ccccc1NC(=O)CCSC.Cl. The summed E-state index contributed by atoms with van der Waals surface area (Å²) in [5.41, 5.74) is 2.05. The van der Waals surface area contributed by atoms with Gasteiger partial charge in [-0.2, -0.15) is 11.8 Å². The molecule has 0 atom stereocenters. The molecule has 2 N–H and O–H groups in total. The van der Waals surface area contributed by atoms with Crippen LogP contribution in [0.25, 0.3) is 0 Å². The van der Waals surface area contributed by atoms with Crippen molar-refractivity contribution in [1.29, 1.82) is 0 Å². The van der Waals surface area contributed by atoms with Crippen LogP contribution in [0.2, 0.25) is 0 Å². The Morgan fingerprint density at radius 2 is 2.06 bits per heavy atom. The van der Waals surface area contributed by atoms with Gasteiger partial charge >= 0.3 is 0 Å². The molecule has 0 bridgehead atoms. The third-order valence-electron chi connectivity index (χ3n) is 2.39. The second kappa shape index (κ2) is 10.2. The van der Waals surface area contributed by atoms with Crippen LogP contribution >= 0.6 is 24.2 Å². The molecule has 0 aromatic heterocycles. The van der Waals surface area contributed by atoms with E-state index in [1.54, 1.807) is 11.8 Å². The molecule has 1 rings (SSSR count). The molecule has 18 heavy (non-hydrogen) atoms. The maximum absolute atomic E-state index is 11.7. The number of nitrogens with one attached hydrogen (secondary N) is 2. The van der Waals surface area contributed by atoms with Crippen molar-refractivity contribution < 1.29 is 4.79 Å². The Morgan fingerprint density at radius 1 is 1.33 bits per heavy atom. The highest BCUT2D eigenvalue weighted by molar-refractivity contribution is 7.98. The van der Waals surface area contributed by atoms with Gasteiger partial charge in [0.15, 0.2) is 0 Å². The van der Waals surface area contributed by atoms with Gasteiger partial charge in [0, 0.05) is 24.4 Å². The van der Waals surface area contributed by atoms with Crippen LogP contribution in [0.15, 0.2) is 24.3 Å². The Labute approximate surface area is 120 Å². The Bertz CT molecular complexity index is 361. The molecule has 0 radical (unpaired) electrons. The number of carbonyl (C=O) groups excluding carboxylic acids is 1. The lowest BCUT2D eigenvalue weighted by molar-refractivity contribution is -0.115. The van der Waals surface area contributed by atoms with E-state index in [1.807, 2.05) is 30.5 Å². The number of benzene rings is 1. The van der Waals surface area contributed by atoms with Crippen LogP contribution in [-0.4, -0.2) is 24.5 Å². The summed E-state index contributed by atoms with van der Waals surface area (Å²) in [4.78, 5) is 11.7. The van der Waals surface area contributed by atoms with Gasteiger partial charge in [0.2, 0.25) is 5.91 Å². The zero-order valence-electron chi connectivity index (χ0n) is 10.9. The van der Waals surface area contributed by atoms with E-state index in [2.05, 4.69) is 17.6 Å². The second-order valence-electron chi connectivity index (χ2n) is 3.73. The number of halogens is 1. The highest BCUT2D eigenvalue weighted by atomic mass is 35.5. The van der Waals surface area contributed by atoms with Crippen LogP contribution in [0.1, 0.15) is 18.9 Å². The molecule has 0 aliphatic carbocycles. The zero-order valence-corrected chi connectivity index (χ0v) is 12.5. The van der Waals surface area contributed by atoms with Crippen molar-refractivity contribution in [3.05, 3.63) is 29.8 Å². The summed E-state index contributed by atoms with van der Waals surface area (Å²) in [6.07, 6.45) is 2.57. The maximum atomic E-state index is 11.7. The summed E-state index contributed by atoms with van der Waals surface area (Å²) in [5, 5.41) is 6.23. The number of para-hydroxylation sites is 1. The largest absolute Gasteiger partial charge is 0.326 e. The quantitative estimate of drug-likeness (QED) is 0.811. The van der Waals surface area contributed by atoms with E-state index >= 15 is 0 Å². The number of anilines is 1. The molecule has 1 aromatic rings. The minimum atomic E-state index is 0. The number of thioether (sulfide) groups is 1. The van der Waals surface area contributed by atoms with E-state index in [4.69, 9.17) is 0 Å². The van der Waals surface area contributed by atoms with Crippen molar-refractivity contribution >= 4 is 35.8 Å². The maximum Gasteiger partial charge on any atom is 0.225 e. The normalized spacial score (nSPS) is 9.67. The highest BCUT2D eigenvalue weighted by Crippen LogP contribution is 2.15. The number of amides is 1. The van der Waals surface area contributed by atoms with Crippen LogP contribution < -0.4 is 10.6 Å². The molecule has 102 valence electrons. The van der Waals surface area contributed by atoms with Crippen LogP contribution in [-0.2, 0) is 11.3 Å². The monoisotopic (exact) mass is 288 g/mol. The van der Waals surface area contributed by atoms with Crippen LogP contribution in [0.3, 0.4) is 0 Å². The van der Waals surface area contributed by atoms with E-state index in [0.717, 1.165) is 30.1 Å². The molecule has 1 aromatic carbocycles. The lowest BCUT2D eigenvalue weighted by atomic mass is 10.1. The summed E-state index contributed by atoms with van der Waals surface area (Å²) in [5.74, 6) is 0.949. The topological polar surface area (TPSA) is 41.1 Å². The number of hydrogen-bond acceptors (Lipinski definition) is 3. The average Bonchev–Trinajstić information content (AvgIpc) is 2.35. The lowest BCUT2D eigenvalue weighted by Gasteiger charge is -2.11. The first-order valence-electron chi connectivity index (χ1n) is 5.85. The Morgan fingerprint density at radius 3 is 2.72 bits per heavy atom. The fourth-order valence-corrected chi connectivity index (χ4v) is 1.85. The molecule has 0 unspecified atom stereocenters. The van der Waals surface area contributed by atoms with Crippen molar-refractivity contribution in [3.63, 3.8) is 0 Å². The number of rotatable bonds is 7. The van der Waals surface area contributed by atoms with Gasteiger partial charge in [0.1, 0.15) is 0 Å². The standard InChI is InChI=1S/C13H20N2OS.ClH/c1-3-14-10-11-6-4-5-7-12(11)15-13(16)8-9-17-2;/h4-7,14H,3,8-10H2,1-2H3,(H,15,16);1H. The predicted molar refractivity (Wildman–Crippen MR) is 82.7 cm³/mol. The third-order valence-corrected chi connectivity index (χ3v) is 3.00. The summed E-state index contributed by atoms with van der Waals surface area (Å²) < 4.78 is 0. The smallest absolute Gasteiger partial charge is 0.225 e. The average molecular weight is 289 g/mol. The molecule has 0 fully saturated rings. The zero-order chi connectivity index (χ0) is 12.5. The van der Waals surface area contributed by atoms with E-state index in [0.29, 0.717) is 6.42 Å². The number of carbonyl (C=O) groups is 1. The van der Waals surface area contributed by atoms with Gasteiger partial charge < -0.3 is 10.6 Å². The molecule has 1 amide bonds. The first kappa shape index (κ1) is 17.3. The Hall–Kier alpha value is -0.710. The van der Waals surface area contributed by atoms with Gasteiger partial charge in [0.25, 0.3) is 0 Å². The molecule has 0 aliphatic heterocycles. The Kier molecular flexibility index (Phi) is 9.83. The van der Waals surface area contributed by atoms with Crippen LogP contribution in [0, 0.1) is 0 Å². The van der Waals surface area contributed by atoms with Crippen molar-refractivity contribution in [2.75, 3.05) is 23.9 Å². The van der Waals surface area contributed by atoms with Crippen LogP contribution in [0.4, 0.5) is 5.69 Å². The fourth-order valence-electron chi connectivity index (χ4n) is 1.46. The Balaban J connectivity index is 0.00000289. The predicted octanol–water partition coefficient (Wildman–Crippen LogP) is 2.91. The summed E-state index contributed by atoms with van der Waals surface area (Å²) in [6.45, 7) is 3.78. The van der Waals surface area contributed by atoms with Gasteiger partial charge in [-0.25, -0.2) is 0 Å². The van der Waals surface area contributed by atoms with Gasteiger partial charge in [-0.15, -0.1) is 12.4 Å². The van der Waals surface area contributed by atoms with Gasteiger partial charge in [-0.1, -0.05) is 25.1 Å². The minimum Gasteiger partial charge on any atom is -0.326 e. The fraction of sp³-hybridized carbons (Fsp3) is 0.462. The van der Waals surface area contributed by atoms with Crippen molar-refractivity contribution in [2.24, 2.45) is 0 Å². The van der Waals surface area contributed by atoms with Gasteiger partial charge in [-0.3, -0.25) is 4.79 Å². The molecular formula is C13H21ClN2OS. The highest BCUT2D eigenvalue weighted by Gasteiger charge is 2.05. The van der Waals surface area contributed by atoms with Crippen molar-refractivity contribution in [3.8, 4) is 0 Å². The van der Waals surface area contributed by atoms with Gasteiger partial charge in [0.05, 0.1) is 0 Å². The summed E-state index contributed by atoms with van der Waals surface area (Å²) in [7, 11) is 0. The molecule has 0 aliphatic rings. The molecule has 0 saturated carbocycles. The van der Waals surface area contributed by atoms with E-state index in [1.165, 1.54) is 0 Å². The molecule has 0 heterocycles. The molecule has 0 spiro atoms. The second-order valence-corrected chi connectivity index (χ2v) is 4.71. The molecule has 5 heteroatoms.